The van der Waals surface area contributed by atoms with Gasteiger partial charge in [0.25, 0.3) is 0 Å². The van der Waals surface area contributed by atoms with Gasteiger partial charge in [0.1, 0.15) is 11.5 Å². The summed E-state index contributed by atoms with van der Waals surface area (Å²) in [6, 6.07) is 5.83. The van der Waals surface area contributed by atoms with Crippen LogP contribution in [0.2, 0.25) is 0 Å². The summed E-state index contributed by atoms with van der Waals surface area (Å²) in [5.74, 6) is 2.92. The van der Waals surface area contributed by atoms with Crippen molar-refractivity contribution >= 4 is 0 Å². The minimum absolute atomic E-state index is 0.000378. The van der Waals surface area contributed by atoms with E-state index in [1.54, 1.807) is 14.2 Å². The zero-order valence-electron chi connectivity index (χ0n) is 15.6. The lowest BCUT2D eigenvalue weighted by atomic mass is 9.96. The average Bonchev–Trinajstić information content (AvgIpc) is 3.04. The zero-order valence-corrected chi connectivity index (χ0v) is 15.6. The van der Waals surface area contributed by atoms with Crippen LogP contribution >= 0.6 is 0 Å². The van der Waals surface area contributed by atoms with E-state index < -0.39 is 0 Å². The molecule has 2 aromatic rings. The first kappa shape index (κ1) is 18.3. The fourth-order valence-electron chi connectivity index (χ4n) is 2.29. The summed E-state index contributed by atoms with van der Waals surface area (Å²) in [5.41, 5.74) is 0.947. The third kappa shape index (κ3) is 4.06. The molecule has 0 saturated carbocycles. The van der Waals surface area contributed by atoms with Crippen molar-refractivity contribution in [1.29, 1.82) is 0 Å². The minimum atomic E-state index is -0.126. The van der Waals surface area contributed by atoms with Crippen LogP contribution in [0.4, 0.5) is 0 Å². The normalized spacial score (nSPS) is 13.2. The number of nitrogens with zero attached hydrogens (tertiary/aromatic N) is 3. The van der Waals surface area contributed by atoms with E-state index >= 15 is 0 Å². The van der Waals surface area contributed by atoms with Crippen LogP contribution in [-0.2, 0) is 12.0 Å². The topological polar surface area (TPSA) is 60.6 Å². The molecular weight excluding hydrogens is 306 g/mol. The van der Waals surface area contributed by atoms with Crippen molar-refractivity contribution in [2.45, 2.75) is 45.7 Å². The second kappa shape index (κ2) is 7.21. The zero-order chi connectivity index (χ0) is 17.9. The molecule has 2 rings (SSSR count). The van der Waals surface area contributed by atoms with Crippen molar-refractivity contribution in [2.24, 2.45) is 0 Å². The van der Waals surface area contributed by atoms with Crippen LogP contribution in [0.5, 0.6) is 11.5 Å². The van der Waals surface area contributed by atoms with Crippen LogP contribution in [0.3, 0.4) is 0 Å². The summed E-state index contributed by atoms with van der Waals surface area (Å²) >= 11 is 0. The van der Waals surface area contributed by atoms with Gasteiger partial charge in [0, 0.05) is 23.6 Å². The molecule has 0 bridgehead atoms. The molecular formula is C18H27N3O3. The molecule has 1 aromatic carbocycles. The molecule has 1 atom stereocenters. The first-order chi connectivity index (χ1) is 11.3. The first-order valence-corrected chi connectivity index (χ1v) is 8.01. The second-order valence-electron chi connectivity index (χ2n) is 6.98. The van der Waals surface area contributed by atoms with Gasteiger partial charge in [-0.25, -0.2) is 0 Å². The molecule has 0 aliphatic rings. The van der Waals surface area contributed by atoms with Crippen molar-refractivity contribution in [1.82, 2.24) is 15.0 Å². The molecule has 132 valence electrons. The van der Waals surface area contributed by atoms with Crippen LogP contribution in [0.1, 0.15) is 51.0 Å². The number of rotatable bonds is 6. The Morgan fingerprint density at radius 1 is 1.21 bits per heavy atom. The summed E-state index contributed by atoms with van der Waals surface area (Å²) in [7, 11) is 5.33. The monoisotopic (exact) mass is 333 g/mol. The van der Waals surface area contributed by atoms with E-state index in [4.69, 9.17) is 14.0 Å². The van der Waals surface area contributed by atoms with Crippen molar-refractivity contribution in [2.75, 3.05) is 21.3 Å². The number of methoxy groups -OCH3 is 2. The molecule has 6 heteroatoms. The molecule has 1 heterocycles. The predicted octanol–water partition coefficient (Wildman–Crippen LogP) is 3.58. The van der Waals surface area contributed by atoms with Crippen molar-refractivity contribution < 1.29 is 14.0 Å². The number of benzene rings is 1. The highest BCUT2D eigenvalue weighted by Gasteiger charge is 2.25. The number of hydrogen-bond acceptors (Lipinski definition) is 6. The van der Waals surface area contributed by atoms with E-state index in [2.05, 4.69) is 42.7 Å². The van der Waals surface area contributed by atoms with Gasteiger partial charge in [-0.2, -0.15) is 4.98 Å². The fourth-order valence-corrected chi connectivity index (χ4v) is 2.29. The van der Waals surface area contributed by atoms with Gasteiger partial charge < -0.3 is 14.0 Å². The van der Waals surface area contributed by atoms with Crippen LogP contribution in [-0.4, -0.2) is 36.3 Å². The quantitative estimate of drug-likeness (QED) is 0.805. The minimum Gasteiger partial charge on any atom is -0.497 e. The molecule has 0 unspecified atom stereocenters. The largest absolute Gasteiger partial charge is 0.497 e. The van der Waals surface area contributed by atoms with Gasteiger partial charge in [-0.1, -0.05) is 32.0 Å². The third-order valence-electron chi connectivity index (χ3n) is 4.05. The van der Waals surface area contributed by atoms with E-state index in [1.807, 2.05) is 25.2 Å². The van der Waals surface area contributed by atoms with Crippen molar-refractivity contribution in [3.63, 3.8) is 0 Å². The van der Waals surface area contributed by atoms with Gasteiger partial charge in [0.15, 0.2) is 5.82 Å². The standard InChI is InChI=1S/C18H27N3O3/c1-12(16-19-17(20-24-16)18(2,3)4)21(5)11-13-8-9-14(22-6)10-15(13)23-7/h8-10,12H,11H2,1-7H3/t12-/m0/s1. The Labute approximate surface area is 143 Å². The summed E-state index contributed by atoms with van der Waals surface area (Å²) in [6.45, 7) is 8.95. The van der Waals surface area contributed by atoms with Gasteiger partial charge in [-0.05, 0) is 20.0 Å². The van der Waals surface area contributed by atoms with Crippen molar-refractivity contribution in [3.05, 3.63) is 35.5 Å². The summed E-state index contributed by atoms with van der Waals surface area (Å²) in [6.07, 6.45) is 0. The lowest BCUT2D eigenvalue weighted by molar-refractivity contribution is 0.200. The lowest BCUT2D eigenvalue weighted by Gasteiger charge is -2.23. The maximum atomic E-state index is 5.46. The Kier molecular flexibility index (Phi) is 5.49. The van der Waals surface area contributed by atoms with Crippen LogP contribution in [0.15, 0.2) is 22.7 Å². The molecule has 24 heavy (non-hydrogen) atoms. The van der Waals surface area contributed by atoms with Crippen LogP contribution < -0.4 is 9.47 Å². The SMILES string of the molecule is COc1ccc(CN(C)[C@@H](C)c2nc(C(C)(C)C)no2)c(OC)c1. The van der Waals surface area contributed by atoms with Gasteiger partial charge in [0.05, 0.1) is 20.3 Å². The Bertz CT molecular complexity index is 676. The van der Waals surface area contributed by atoms with Crippen molar-refractivity contribution in [3.8, 4) is 11.5 Å². The van der Waals surface area contributed by atoms with E-state index in [0.29, 0.717) is 12.4 Å². The van der Waals surface area contributed by atoms with Crippen LogP contribution in [0, 0.1) is 0 Å². The molecule has 6 nitrogen and oxygen atoms in total. The van der Waals surface area contributed by atoms with E-state index in [0.717, 1.165) is 22.9 Å². The summed E-state index contributed by atoms with van der Waals surface area (Å²) in [5, 5.41) is 4.10. The summed E-state index contributed by atoms with van der Waals surface area (Å²) < 4.78 is 16.2. The molecule has 0 aliphatic carbocycles. The molecule has 0 N–H and O–H groups in total. The molecule has 0 fully saturated rings. The molecule has 0 amide bonds. The molecule has 1 aromatic heterocycles. The predicted molar refractivity (Wildman–Crippen MR) is 92.4 cm³/mol. The number of aromatic nitrogens is 2. The Balaban J connectivity index is 2.14. The Morgan fingerprint density at radius 3 is 2.46 bits per heavy atom. The summed E-state index contributed by atoms with van der Waals surface area (Å²) in [4.78, 5) is 6.69. The highest BCUT2D eigenvalue weighted by Crippen LogP contribution is 2.28. The van der Waals surface area contributed by atoms with Gasteiger partial charge in [-0.3, -0.25) is 4.90 Å². The average molecular weight is 333 g/mol. The highest BCUT2D eigenvalue weighted by molar-refractivity contribution is 5.40. The number of ether oxygens (including phenoxy) is 2. The molecule has 0 spiro atoms. The maximum Gasteiger partial charge on any atom is 0.243 e. The Hall–Kier alpha value is -2.08. The molecule has 0 saturated heterocycles. The van der Waals surface area contributed by atoms with Crippen LogP contribution in [0.25, 0.3) is 0 Å². The molecule has 0 aliphatic heterocycles. The second-order valence-corrected chi connectivity index (χ2v) is 6.98. The van der Waals surface area contributed by atoms with Gasteiger partial charge >= 0.3 is 0 Å². The Morgan fingerprint density at radius 2 is 1.92 bits per heavy atom. The fraction of sp³-hybridized carbons (Fsp3) is 0.556. The van der Waals surface area contributed by atoms with E-state index in [-0.39, 0.29) is 11.5 Å². The third-order valence-corrected chi connectivity index (χ3v) is 4.05. The first-order valence-electron chi connectivity index (χ1n) is 8.01. The lowest BCUT2D eigenvalue weighted by Crippen LogP contribution is -2.23. The molecule has 0 radical (unpaired) electrons. The smallest absolute Gasteiger partial charge is 0.243 e. The number of hydrogen-bond donors (Lipinski definition) is 0. The van der Waals surface area contributed by atoms with Gasteiger partial charge in [-0.15, -0.1) is 0 Å². The highest BCUT2D eigenvalue weighted by atomic mass is 16.5. The maximum absolute atomic E-state index is 5.46. The van der Waals surface area contributed by atoms with E-state index in [1.165, 1.54) is 0 Å². The van der Waals surface area contributed by atoms with Gasteiger partial charge in [0.2, 0.25) is 5.89 Å². The van der Waals surface area contributed by atoms with E-state index in [9.17, 15) is 0 Å².